The number of hydrogen-bond acceptors (Lipinski definition) is 5. The van der Waals surface area contributed by atoms with Gasteiger partial charge in [0.1, 0.15) is 5.56 Å². The van der Waals surface area contributed by atoms with Gasteiger partial charge in [0, 0.05) is 19.5 Å². The van der Waals surface area contributed by atoms with Gasteiger partial charge in [0.2, 0.25) is 0 Å². The van der Waals surface area contributed by atoms with E-state index < -0.39 is 5.97 Å². The fraction of sp³-hybridized carbons (Fsp3) is 0.300. The number of para-hydroxylation sites is 1. The summed E-state index contributed by atoms with van der Waals surface area (Å²) in [5, 5.41) is 8.07. The number of aryl methyl sites for hydroxylation is 2. The van der Waals surface area contributed by atoms with Crippen molar-refractivity contribution in [3.63, 3.8) is 0 Å². The first-order chi connectivity index (χ1) is 13.3. The third-order valence-electron chi connectivity index (χ3n) is 4.35. The van der Waals surface area contributed by atoms with Crippen molar-refractivity contribution in [3.05, 3.63) is 47.2 Å². The quantitative estimate of drug-likeness (QED) is 0.701. The van der Waals surface area contributed by atoms with Crippen LogP contribution >= 0.6 is 0 Å². The van der Waals surface area contributed by atoms with Crippen LogP contribution < -0.4 is 5.32 Å². The molecule has 3 aromatic rings. The van der Waals surface area contributed by atoms with Crippen LogP contribution in [0.15, 0.2) is 30.5 Å². The molecule has 0 aliphatic heterocycles. The Bertz CT molecular complexity index is 1060. The summed E-state index contributed by atoms with van der Waals surface area (Å²) in [5.74, 6) is 0.164. The zero-order valence-electron chi connectivity index (χ0n) is 16.6. The van der Waals surface area contributed by atoms with Gasteiger partial charge in [0.15, 0.2) is 11.6 Å². The summed E-state index contributed by atoms with van der Waals surface area (Å²) in [7, 11) is 3.23. The molecule has 0 bridgehead atoms. The van der Waals surface area contributed by atoms with Crippen molar-refractivity contribution < 1.29 is 14.3 Å². The van der Waals surface area contributed by atoms with Crippen LogP contribution in [0, 0.1) is 13.8 Å². The van der Waals surface area contributed by atoms with Crippen LogP contribution in [0.5, 0.6) is 0 Å². The van der Waals surface area contributed by atoms with Gasteiger partial charge in [-0.3, -0.25) is 5.32 Å². The predicted octanol–water partition coefficient (Wildman–Crippen LogP) is 3.31. The average molecular weight is 381 g/mol. The highest BCUT2D eigenvalue weighted by atomic mass is 16.5. The van der Waals surface area contributed by atoms with Crippen LogP contribution in [0.2, 0.25) is 0 Å². The Morgan fingerprint density at radius 1 is 1.21 bits per heavy atom. The standard InChI is InChI=1S/C20H23N5O3/c1-6-28-19(26)15-11-21-25(18(15)23-20(27)24(4)5)16-10-13(3)14-9-7-8-12(2)17(14)22-16/h7-11H,6H2,1-5H3,(H,23,27). The average Bonchev–Trinajstić information content (AvgIpc) is 3.06. The number of esters is 1. The number of ether oxygens (including phenoxy) is 1. The van der Waals surface area contributed by atoms with Crippen molar-refractivity contribution in [2.24, 2.45) is 0 Å². The van der Waals surface area contributed by atoms with E-state index >= 15 is 0 Å². The molecule has 0 fully saturated rings. The predicted molar refractivity (Wildman–Crippen MR) is 107 cm³/mol. The molecule has 2 amide bonds. The van der Waals surface area contributed by atoms with Gasteiger partial charge >= 0.3 is 12.0 Å². The number of carbonyl (C=O) groups excluding carboxylic acids is 2. The minimum Gasteiger partial charge on any atom is -0.462 e. The molecule has 0 saturated carbocycles. The van der Waals surface area contributed by atoms with Gasteiger partial charge in [-0.15, -0.1) is 0 Å². The molecule has 0 unspecified atom stereocenters. The Morgan fingerprint density at radius 3 is 2.64 bits per heavy atom. The fourth-order valence-corrected chi connectivity index (χ4v) is 2.87. The molecule has 0 aliphatic rings. The number of pyridine rings is 1. The van der Waals surface area contributed by atoms with E-state index in [1.165, 1.54) is 15.8 Å². The van der Waals surface area contributed by atoms with E-state index in [0.717, 1.165) is 22.0 Å². The number of anilines is 1. The summed E-state index contributed by atoms with van der Waals surface area (Å²) in [4.78, 5) is 30.7. The number of aromatic nitrogens is 3. The van der Waals surface area contributed by atoms with Crippen molar-refractivity contribution in [3.8, 4) is 5.82 Å². The molecular formula is C20H23N5O3. The molecule has 28 heavy (non-hydrogen) atoms. The van der Waals surface area contributed by atoms with Crippen LogP contribution in [0.1, 0.15) is 28.4 Å². The summed E-state index contributed by atoms with van der Waals surface area (Å²) < 4.78 is 6.55. The lowest BCUT2D eigenvalue weighted by atomic mass is 10.1. The Balaban J connectivity index is 2.18. The summed E-state index contributed by atoms with van der Waals surface area (Å²) in [5.41, 5.74) is 3.05. The first kappa shape index (κ1) is 19.3. The monoisotopic (exact) mass is 381 g/mol. The number of nitrogens with zero attached hydrogens (tertiary/aromatic N) is 4. The third-order valence-corrected chi connectivity index (χ3v) is 4.35. The maximum atomic E-state index is 12.3. The maximum Gasteiger partial charge on any atom is 0.343 e. The van der Waals surface area contributed by atoms with Gasteiger partial charge < -0.3 is 9.64 Å². The van der Waals surface area contributed by atoms with Crippen LogP contribution in [-0.4, -0.2) is 52.4 Å². The highest BCUT2D eigenvalue weighted by molar-refractivity contribution is 6.00. The van der Waals surface area contributed by atoms with Crippen molar-refractivity contribution in [1.29, 1.82) is 0 Å². The van der Waals surface area contributed by atoms with E-state index in [0.29, 0.717) is 5.82 Å². The minimum atomic E-state index is -0.559. The van der Waals surface area contributed by atoms with Gasteiger partial charge in [-0.05, 0) is 38.0 Å². The first-order valence-corrected chi connectivity index (χ1v) is 8.94. The number of amides is 2. The second kappa shape index (κ2) is 7.67. The zero-order valence-corrected chi connectivity index (χ0v) is 16.6. The lowest BCUT2D eigenvalue weighted by Gasteiger charge is -2.15. The van der Waals surface area contributed by atoms with Crippen LogP contribution in [-0.2, 0) is 4.74 Å². The molecule has 0 saturated heterocycles. The first-order valence-electron chi connectivity index (χ1n) is 8.94. The van der Waals surface area contributed by atoms with Gasteiger partial charge in [-0.25, -0.2) is 14.6 Å². The molecule has 1 aromatic carbocycles. The summed E-state index contributed by atoms with van der Waals surface area (Å²) in [6.07, 6.45) is 1.38. The largest absolute Gasteiger partial charge is 0.462 e. The van der Waals surface area contributed by atoms with Gasteiger partial charge in [0.05, 0.1) is 18.3 Å². The van der Waals surface area contributed by atoms with Crippen LogP contribution in [0.4, 0.5) is 10.6 Å². The van der Waals surface area contributed by atoms with Crippen molar-refractivity contribution in [1.82, 2.24) is 19.7 Å². The highest BCUT2D eigenvalue weighted by Crippen LogP contribution is 2.26. The lowest BCUT2D eigenvalue weighted by Crippen LogP contribution is -2.29. The number of rotatable bonds is 4. The molecule has 0 atom stereocenters. The van der Waals surface area contributed by atoms with Gasteiger partial charge in [0.25, 0.3) is 0 Å². The normalized spacial score (nSPS) is 10.8. The number of hydrogen-bond donors (Lipinski definition) is 1. The number of carbonyl (C=O) groups is 2. The topological polar surface area (TPSA) is 89.3 Å². The molecule has 1 N–H and O–H groups in total. The van der Waals surface area contributed by atoms with Crippen LogP contribution in [0.25, 0.3) is 16.7 Å². The molecule has 3 rings (SSSR count). The molecule has 2 heterocycles. The van der Waals surface area contributed by atoms with Crippen LogP contribution in [0.3, 0.4) is 0 Å². The molecule has 0 aliphatic carbocycles. The van der Waals surface area contributed by atoms with E-state index in [1.807, 2.05) is 38.1 Å². The van der Waals surface area contributed by atoms with Crippen molar-refractivity contribution in [2.75, 3.05) is 26.0 Å². The Hall–Kier alpha value is -3.42. The van der Waals surface area contributed by atoms with Crippen molar-refractivity contribution >= 4 is 28.7 Å². The molecule has 146 valence electrons. The Labute approximate surface area is 163 Å². The molecule has 8 heteroatoms. The molecule has 0 spiro atoms. The summed E-state index contributed by atoms with van der Waals surface area (Å²) in [6.45, 7) is 5.91. The highest BCUT2D eigenvalue weighted by Gasteiger charge is 2.23. The maximum absolute atomic E-state index is 12.3. The summed E-state index contributed by atoms with van der Waals surface area (Å²) >= 11 is 0. The van der Waals surface area contributed by atoms with E-state index in [2.05, 4.69) is 10.4 Å². The SMILES string of the molecule is CCOC(=O)c1cnn(-c2cc(C)c3cccc(C)c3n2)c1NC(=O)N(C)C. The second-order valence-corrected chi connectivity index (χ2v) is 6.63. The molecular weight excluding hydrogens is 358 g/mol. The molecule has 2 aromatic heterocycles. The molecule has 8 nitrogen and oxygen atoms in total. The fourth-order valence-electron chi connectivity index (χ4n) is 2.87. The number of urea groups is 1. The van der Waals surface area contributed by atoms with E-state index in [4.69, 9.17) is 9.72 Å². The van der Waals surface area contributed by atoms with Gasteiger partial charge in [-0.2, -0.15) is 9.78 Å². The number of fused-ring (bicyclic) bond motifs is 1. The second-order valence-electron chi connectivity index (χ2n) is 6.63. The Kier molecular flexibility index (Phi) is 5.30. The number of nitrogens with one attached hydrogen (secondary N) is 1. The zero-order chi connectivity index (χ0) is 20.4. The molecule has 0 radical (unpaired) electrons. The van der Waals surface area contributed by atoms with E-state index in [1.54, 1.807) is 21.0 Å². The van der Waals surface area contributed by atoms with Gasteiger partial charge in [-0.1, -0.05) is 18.2 Å². The Morgan fingerprint density at radius 2 is 1.96 bits per heavy atom. The van der Waals surface area contributed by atoms with E-state index in [9.17, 15) is 9.59 Å². The smallest absolute Gasteiger partial charge is 0.343 e. The van der Waals surface area contributed by atoms with E-state index in [-0.39, 0.29) is 24.0 Å². The van der Waals surface area contributed by atoms with Crippen molar-refractivity contribution in [2.45, 2.75) is 20.8 Å². The lowest BCUT2D eigenvalue weighted by molar-refractivity contribution is 0.0527. The minimum absolute atomic E-state index is 0.168. The third kappa shape index (κ3) is 3.53. The summed E-state index contributed by atoms with van der Waals surface area (Å²) in [6, 6.07) is 7.47. The number of benzene rings is 1.